The molecule has 1 aromatic rings. The van der Waals surface area contributed by atoms with Crippen molar-refractivity contribution >= 4 is 14.1 Å². The first-order valence-corrected chi connectivity index (χ1v) is 11.6. The van der Waals surface area contributed by atoms with Gasteiger partial charge in [-0.1, -0.05) is 38.1 Å². The summed E-state index contributed by atoms with van der Waals surface area (Å²) >= 11 is 0. The van der Waals surface area contributed by atoms with Crippen molar-refractivity contribution in [1.29, 1.82) is 0 Å². The first-order chi connectivity index (χ1) is 11.1. The van der Waals surface area contributed by atoms with E-state index >= 15 is 0 Å². The lowest BCUT2D eigenvalue weighted by Gasteiger charge is -2.35. The van der Waals surface area contributed by atoms with Gasteiger partial charge >= 0.3 is 0 Å². The molecule has 5 heteroatoms. The van der Waals surface area contributed by atoms with Gasteiger partial charge < -0.3 is 14.3 Å². The van der Waals surface area contributed by atoms with Crippen LogP contribution in [-0.4, -0.2) is 38.4 Å². The van der Waals surface area contributed by atoms with E-state index in [-0.39, 0.29) is 10.8 Å². The minimum atomic E-state index is -2.23. The Bertz CT molecular complexity index is 511. The lowest BCUT2D eigenvalue weighted by atomic mass is 9.99. The van der Waals surface area contributed by atoms with Crippen molar-refractivity contribution in [3.05, 3.63) is 35.4 Å². The highest BCUT2D eigenvalue weighted by atomic mass is 28.4. The van der Waals surface area contributed by atoms with E-state index in [1.807, 2.05) is 51.2 Å². The van der Waals surface area contributed by atoms with E-state index in [2.05, 4.69) is 13.8 Å². The van der Waals surface area contributed by atoms with Crippen LogP contribution in [0.1, 0.15) is 38.8 Å². The number of carbonyl (C=O) groups excluding carboxylic acids is 1. The van der Waals surface area contributed by atoms with Crippen molar-refractivity contribution in [2.75, 3.05) is 13.2 Å². The Labute approximate surface area is 147 Å². The van der Waals surface area contributed by atoms with Crippen LogP contribution in [0.15, 0.2) is 24.3 Å². The normalized spacial score (nSPS) is 12.7. The van der Waals surface area contributed by atoms with Crippen molar-refractivity contribution < 1.29 is 19.1 Å². The van der Waals surface area contributed by atoms with Gasteiger partial charge in [0, 0.05) is 19.6 Å². The van der Waals surface area contributed by atoms with Gasteiger partial charge in [-0.05, 0) is 49.5 Å². The molecule has 0 radical (unpaired) electrons. The second-order valence-corrected chi connectivity index (χ2v) is 11.8. The van der Waals surface area contributed by atoms with E-state index in [9.17, 15) is 9.59 Å². The number of carbonyl (C=O) groups is 1. The molecule has 0 atom stereocenters. The number of ketones is 1. The SMILES string of the molecule is CCOC(OCC)C(=O)Cc1ccc(CC(C)(C)[Si](C)(C)O)cc1. The summed E-state index contributed by atoms with van der Waals surface area (Å²) in [6.45, 7) is 12.8. The molecule has 0 amide bonds. The molecule has 0 aromatic heterocycles. The summed E-state index contributed by atoms with van der Waals surface area (Å²) in [4.78, 5) is 22.7. The van der Waals surface area contributed by atoms with Gasteiger partial charge in [-0.2, -0.15) is 0 Å². The third-order valence-electron chi connectivity index (χ3n) is 4.60. The van der Waals surface area contributed by atoms with Gasteiger partial charge in [0.2, 0.25) is 6.29 Å². The van der Waals surface area contributed by atoms with Crippen LogP contribution in [0.5, 0.6) is 0 Å². The van der Waals surface area contributed by atoms with E-state index in [0.717, 1.165) is 12.0 Å². The molecule has 0 aliphatic rings. The molecule has 0 bridgehead atoms. The topological polar surface area (TPSA) is 55.8 Å². The van der Waals surface area contributed by atoms with Gasteiger partial charge in [0.05, 0.1) is 0 Å². The predicted molar refractivity (Wildman–Crippen MR) is 99.6 cm³/mol. The monoisotopic (exact) mass is 352 g/mol. The third-order valence-corrected chi connectivity index (χ3v) is 8.09. The molecule has 0 aliphatic heterocycles. The summed E-state index contributed by atoms with van der Waals surface area (Å²) < 4.78 is 10.7. The Morgan fingerprint density at radius 3 is 1.96 bits per heavy atom. The van der Waals surface area contributed by atoms with E-state index in [1.165, 1.54) is 5.56 Å². The molecular weight excluding hydrogens is 320 g/mol. The molecule has 4 nitrogen and oxygen atoms in total. The first-order valence-electron chi connectivity index (χ1n) is 8.66. The maximum absolute atomic E-state index is 12.3. The second kappa shape index (κ2) is 8.90. The number of Topliss-reactive ketones (excluding diaryl/α,β-unsaturated/α-hetero) is 1. The molecule has 0 spiro atoms. The van der Waals surface area contributed by atoms with Crippen LogP contribution in [0, 0.1) is 0 Å². The fourth-order valence-corrected chi connectivity index (χ4v) is 2.96. The van der Waals surface area contributed by atoms with E-state index in [4.69, 9.17) is 9.47 Å². The van der Waals surface area contributed by atoms with Crippen LogP contribution in [0.3, 0.4) is 0 Å². The summed E-state index contributed by atoms with van der Waals surface area (Å²) in [5.74, 6) is -0.0596. The summed E-state index contributed by atoms with van der Waals surface area (Å²) in [5, 5.41) is -0.0979. The standard InChI is InChI=1S/C19H32O4Si/c1-7-22-18(23-8-2)17(20)13-15-9-11-16(12-10-15)14-19(3,4)24(5,6)21/h9-12,18,21H,7-8,13-14H2,1-6H3. The number of rotatable bonds is 10. The molecule has 136 valence electrons. The summed E-state index contributed by atoms with van der Waals surface area (Å²) in [6.07, 6.45) is 0.353. The van der Waals surface area contributed by atoms with Gasteiger partial charge in [0.1, 0.15) is 0 Å². The molecule has 24 heavy (non-hydrogen) atoms. The number of hydrogen-bond acceptors (Lipinski definition) is 4. The van der Waals surface area contributed by atoms with Crippen LogP contribution < -0.4 is 0 Å². The van der Waals surface area contributed by atoms with Crippen molar-refractivity contribution in [3.8, 4) is 0 Å². The smallest absolute Gasteiger partial charge is 0.218 e. The zero-order chi connectivity index (χ0) is 18.4. The number of hydrogen-bond donors (Lipinski definition) is 1. The van der Waals surface area contributed by atoms with E-state index in [0.29, 0.717) is 19.6 Å². The van der Waals surface area contributed by atoms with Gasteiger partial charge in [-0.3, -0.25) is 4.79 Å². The number of ether oxygens (including phenoxy) is 2. The molecular formula is C19H32O4Si. The van der Waals surface area contributed by atoms with Gasteiger partial charge in [0.15, 0.2) is 14.1 Å². The Kier molecular flexibility index (Phi) is 7.80. The predicted octanol–water partition coefficient (Wildman–Crippen LogP) is 3.72. The van der Waals surface area contributed by atoms with Gasteiger partial charge in [-0.25, -0.2) is 0 Å². The van der Waals surface area contributed by atoms with Gasteiger partial charge in [-0.15, -0.1) is 0 Å². The van der Waals surface area contributed by atoms with Crippen molar-refractivity contribution in [1.82, 2.24) is 0 Å². The summed E-state index contributed by atoms with van der Waals surface area (Å²) in [5.41, 5.74) is 2.13. The Morgan fingerprint density at radius 2 is 1.54 bits per heavy atom. The maximum atomic E-state index is 12.3. The molecule has 1 rings (SSSR count). The fraction of sp³-hybridized carbons (Fsp3) is 0.632. The minimum absolute atomic E-state index is 0.0596. The third kappa shape index (κ3) is 6.13. The van der Waals surface area contributed by atoms with E-state index < -0.39 is 14.6 Å². The molecule has 0 saturated heterocycles. The summed E-state index contributed by atoms with van der Waals surface area (Å²) in [7, 11) is -2.23. The molecule has 0 aliphatic carbocycles. The lowest BCUT2D eigenvalue weighted by Crippen LogP contribution is -2.40. The molecule has 1 N–H and O–H groups in total. The van der Waals surface area contributed by atoms with Crippen LogP contribution in [-0.2, 0) is 27.1 Å². The van der Waals surface area contributed by atoms with Crippen LogP contribution >= 0.6 is 0 Å². The van der Waals surface area contributed by atoms with Crippen molar-refractivity contribution in [3.63, 3.8) is 0 Å². The molecule has 1 aromatic carbocycles. The highest BCUT2D eigenvalue weighted by molar-refractivity contribution is 6.72. The zero-order valence-electron chi connectivity index (χ0n) is 15.9. The van der Waals surface area contributed by atoms with Crippen molar-refractivity contribution in [2.45, 2.75) is 65.0 Å². The maximum Gasteiger partial charge on any atom is 0.218 e. The average molecular weight is 353 g/mol. The van der Waals surface area contributed by atoms with Crippen LogP contribution in [0.2, 0.25) is 18.1 Å². The molecule has 0 heterocycles. The Morgan fingerprint density at radius 1 is 1.08 bits per heavy atom. The highest BCUT2D eigenvalue weighted by Crippen LogP contribution is 2.38. The zero-order valence-corrected chi connectivity index (χ0v) is 16.9. The van der Waals surface area contributed by atoms with Crippen molar-refractivity contribution in [2.24, 2.45) is 0 Å². The quantitative estimate of drug-likeness (QED) is 0.515. The minimum Gasteiger partial charge on any atom is -0.432 e. The largest absolute Gasteiger partial charge is 0.432 e. The average Bonchev–Trinajstić information content (AvgIpc) is 2.47. The van der Waals surface area contributed by atoms with Crippen LogP contribution in [0.4, 0.5) is 0 Å². The second-order valence-electron chi connectivity index (χ2n) is 7.32. The van der Waals surface area contributed by atoms with Crippen LogP contribution in [0.25, 0.3) is 0 Å². The molecule has 0 saturated carbocycles. The Balaban J connectivity index is 2.72. The number of benzene rings is 1. The molecule has 0 fully saturated rings. The van der Waals surface area contributed by atoms with Gasteiger partial charge in [0.25, 0.3) is 0 Å². The van der Waals surface area contributed by atoms with E-state index in [1.54, 1.807) is 0 Å². The fourth-order valence-electron chi connectivity index (χ4n) is 2.32. The summed E-state index contributed by atoms with van der Waals surface area (Å²) in [6, 6.07) is 8.04. The Hall–Kier alpha value is -1.01. The highest BCUT2D eigenvalue weighted by Gasteiger charge is 2.37. The molecule has 0 unspecified atom stereocenters. The lowest BCUT2D eigenvalue weighted by molar-refractivity contribution is -0.167. The first kappa shape index (κ1) is 21.0.